The third-order valence-electron chi connectivity index (χ3n) is 4.14. The minimum atomic E-state index is 0.315. The molecular weight excluding hydrogens is 266 g/mol. The second-order valence-corrected chi connectivity index (χ2v) is 5.70. The Morgan fingerprint density at radius 1 is 1.33 bits per heavy atom. The van der Waals surface area contributed by atoms with Gasteiger partial charge in [-0.25, -0.2) is 4.98 Å². The van der Waals surface area contributed by atoms with Crippen LogP contribution in [0, 0.1) is 0 Å². The van der Waals surface area contributed by atoms with Crippen LogP contribution in [0.3, 0.4) is 0 Å². The summed E-state index contributed by atoms with van der Waals surface area (Å²) in [6.07, 6.45) is 10.7. The number of aromatic nitrogens is 4. The molecule has 114 valence electrons. The van der Waals surface area contributed by atoms with E-state index in [0.29, 0.717) is 23.6 Å². The zero-order valence-electron chi connectivity index (χ0n) is 12.5. The lowest BCUT2D eigenvalue weighted by Crippen LogP contribution is -2.35. The normalized spacial score (nSPS) is 23.1. The van der Waals surface area contributed by atoms with Crippen molar-refractivity contribution < 1.29 is 4.52 Å². The lowest BCUT2D eigenvalue weighted by molar-refractivity contribution is 0.304. The summed E-state index contributed by atoms with van der Waals surface area (Å²) in [6, 6.07) is 0.442. The van der Waals surface area contributed by atoms with Crippen molar-refractivity contribution in [2.45, 2.75) is 57.4 Å². The Morgan fingerprint density at radius 2 is 2.24 bits per heavy atom. The van der Waals surface area contributed by atoms with E-state index in [9.17, 15) is 0 Å². The molecule has 0 saturated heterocycles. The highest BCUT2D eigenvalue weighted by Gasteiger charge is 2.29. The molecule has 0 amide bonds. The fourth-order valence-corrected chi connectivity index (χ4v) is 3.05. The molecule has 0 radical (unpaired) electrons. The van der Waals surface area contributed by atoms with Crippen LogP contribution < -0.4 is 5.32 Å². The summed E-state index contributed by atoms with van der Waals surface area (Å²) in [6.45, 7) is 3.24. The summed E-state index contributed by atoms with van der Waals surface area (Å²) in [5, 5.41) is 7.72. The average Bonchev–Trinajstić information content (AvgIpc) is 3.13. The zero-order chi connectivity index (χ0) is 14.5. The van der Waals surface area contributed by atoms with Crippen LogP contribution >= 0.6 is 0 Å². The van der Waals surface area contributed by atoms with E-state index >= 15 is 0 Å². The van der Waals surface area contributed by atoms with Crippen LogP contribution in [0.2, 0.25) is 0 Å². The molecule has 2 N–H and O–H groups in total. The topological polar surface area (TPSA) is 79.6 Å². The third-order valence-corrected chi connectivity index (χ3v) is 4.14. The number of hydrogen-bond acceptors (Lipinski definition) is 5. The molecule has 2 aromatic rings. The Bertz CT molecular complexity index is 536. The van der Waals surface area contributed by atoms with Gasteiger partial charge in [0.2, 0.25) is 11.7 Å². The van der Waals surface area contributed by atoms with Gasteiger partial charge >= 0.3 is 0 Å². The molecule has 21 heavy (non-hydrogen) atoms. The van der Waals surface area contributed by atoms with E-state index in [1.807, 2.05) is 0 Å². The van der Waals surface area contributed by atoms with E-state index in [4.69, 9.17) is 4.52 Å². The minimum absolute atomic E-state index is 0.315. The first-order valence-electron chi connectivity index (χ1n) is 7.95. The fraction of sp³-hybridized carbons (Fsp3) is 0.667. The molecular formula is C15H23N5O. The molecule has 1 saturated carbocycles. The smallest absolute Gasteiger partial charge is 0.238 e. The Kier molecular flexibility index (Phi) is 4.65. The van der Waals surface area contributed by atoms with Gasteiger partial charge < -0.3 is 14.8 Å². The SMILES string of the molecule is CCCNC1CCCCCC1c1nc(-c2ncc[nH]2)no1. The van der Waals surface area contributed by atoms with E-state index in [1.165, 1.54) is 25.7 Å². The van der Waals surface area contributed by atoms with Crippen LogP contribution in [0.5, 0.6) is 0 Å². The van der Waals surface area contributed by atoms with E-state index < -0.39 is 0 Å². The van der Waals surface area contributed by atoms with Crippen LogP contribution in [-0.4, -0.2) is 32.7 Å². The lowest BCUT2D eigenvalue weighted by Gasteiger charge is -2.23. The monoisotopic (exact) mass is 289 g/mol. The molecule has 6 nitrogen and oxygen atoms in total. The van der Waals surface area contributed by atoms with Gasteiger partial charge in [0.15, 0.2) is 5.82 Å². The predicted molar refractivity (Wildman–Crippen MR) is 79.8 cm³/mol. The van der Waals surface area contributed by atoms with Crippen molar-refractivity contribution in [3.8, 4) is 11.6 Å². The van der Waals surface area contributed by atoms with Crippen molar-refractivity contribution in [3.63, 3.8) is 0 Å². The molecule has 0 aliphatic heterocycles. The van der Waals surface area contributed by atoms with E-state index in [2.05, 4.69) is 32.3 Å². The van der Waals surface area contributed by atoms with Gasteiger partial charge in [-0.05, 0) is 25.8 Å². The summed E-state index contributed by atoms with van der Waals surface area (Å²) in [5.41, 5.74) is 0. The Balaban J connectivity index is 1.78. The second-order valence-electron chi connectivity index (χ2n) is 5.70. The second kappa shape index (κ2) is 6.85. The molecule has 6 heteroatoms. The Labute approximate surface area is 124 Å². The molecule has 3 rings (SSSR count). The van der Waals surface area contributed by atoms with Crippen LogP contribution in [0.4, 0.5) is 0 Å². The molecule has 1 aliphatic rings. The molecule has 2 aromatic heterocycles. The largest absolute Gasteiger partial charge is 0.342 e. The third kappa shape index (κ3) is 3.32. The maximum atomic E-state index is 5.53. The zero-order valence-corrected chi connectivity index (χ0v) is 12.5. The minimum Gasteiger partial charge on any atom is -0.342 e. The highest BCUT2D eigenvalue weighted by Crippen LogP contribution is 2.31. The summed E-state index contributed by atoms with van der Waals surface area (Å²) >= 11 is 0. The molecule has 2 heterocycles. The van der Waals surface area contributed by atoms with Crippen LogP contribution in [-0.2, 0) is 0 Å². The number of aromatic amines is 1. The number of nitrogens with one attached hydrogen (secondary N) is 2. The number of H-pyrrole nitrogens is 1. The first-order valence-corrected chi connectivity index (χ1v) is 7.95. The summed E-state index contributed by atoms with van der Waals surface area (Å²) in [7, 11) is 0. The van der Waals surface area contributed by atoms with Crippen molar-refractivity contribution >= 4 is 0 Å². The van der Waals surface area contributed by atoms with Gasteiger partial charge in [0.05, 0.1) is 5.92 Å². The van der Waals surface area contributed by atoms with Crippen molar-refractivity contribution in [2.75, 3.05) is 6.54 Å². The van der Waals surface area contributed by atoms with Gasteiger partial charge in [0.1, 0.15) is 0 Å². The van der Waals surface area contributed by atoms with Crippen LogP contribution in [0.25, 0.3) is 11.6 Å². The Hall–Kier alpha value is -1.69. The summed E-state index contributed by atoms with van der Waals surface area (Å²) < 4.78 is 5.53. The lowest BCUT2D eigenvalue weighted by atomic mass is 9.94. The van der Waals surface area contributed by atoms with Gasteiger partial charge in [-0.3, -0.25) is 0 Å². The van der Waals surface area contributed by atoms with E-state index in [0.717, 1.165) is 25.3 Å². The summed E-state index contributed by atoms with van der Waals surface area (Å²) in [5.74, 6) is 2.28. The highest BCUT2D eigenvalue weighted by molar-refractivity contribution is 5.40. The highest BCUT2D eigenvalue weighted by atomic mass is 16.5. The summed E-state index contributed by atoms with van der Waals surface area (Å²) in [4.78, 5) is 11.8. The van der Waals surface area contributed by atoms with Gasteiger partial charge in [-0.2, -0.15) is 4.98 Å². The molecule has 1 aliphatic carbocycles. The molecule has 0 bridgehead atoms. The average molecular weight is 289 g/mol. The molecule has 1 fully saturated rings. The Morgan fingerprint density at radius 3 is 3.05 bits per heavy atom. The van der Waals surface area contributed by atoms with Gasteiger partial charge in [0.25, 0.3) is 0 Å². The first-order chi connectivity index (χ1) is 10.4. The van der Waals surface area contributed by atoms with Crippen LogP contribution in [0.1, 0.15) is 57.3 Å². The van der Waals surface area contributed by atoms with E-state index in [-0.39, 0.29) is 0 Å². The predicted octanol–water partition coefficient (Wildman–Crippen LogP) is 2.88. The molecule has 0 aromatic carbocycles. The standard InChI is InChI=1S/C15H23N5O/c1-2-8-16-12-7-5-3-4-6-11(12)15-19-14(20-21-15)13-17-9-10-18-13/h9-12,16H,2-8H2,1H3,(H,17,18). The fourth-order valence-electron chi connectivity index (χ4n) is 3.05. The van der Waals surface area contributed by atoms with Crippen molar-refractivity contribution in [2.24, 2.45) is 0 Å². The van der Waals surface area contributed by atoms with E-state index in [1.54, 1.807) is 12.4 Å². The quantitative estimate of drug-likeness (QED) is 0.827. The maximum Gasteiger partial charge on any atom is 0.238 e. The van der Waals surface area contributed by atoms with Crippen LogP contribution in [0.15, 0.2) is 16.9 Å². The first kappa shape index (κ1) is 14.3. The molecule has 0 spiro atoms. The number of imidazole rings is 1. The van der Waals surface area contributed by atoms with Crippen molar-refractivity contribution in [3.05, 3.63) is 18.3 Å². The maximum absolute atomic E-state index is 5.53. The number of rotatable bonds is 5. The van der Waals surface area contributed by atoms with Crippen molar-refractivity contribution in [1.82, 2.24) is 25.4 Å². The van der Waals surface area contributed by atoms with Gasteiger partial charge in [-0.15, -0.1) is 0 Å². The van der Waals surface area contributed by atoms with Gasteiger partial charge in [0, 0.05) is 18.4 Å². The molecule has 2 atom stereocenters. The number of hydrogen-bond donors (Lipinski definition) is 2. The van der Waals surface area contributed by atoms with Crippen molar-refractivity contribution in [1.29, 1.82) is 0 Å². The van der Waals surface area contributed by atoms with Gasteiger partial charge in [-0.1, -0.05) is 31.3 Å². The number of nitrogens with zero attached hydrogens (tertiary/aromatic N) is 3. The molecule has 2 unspecified atom stereocenters.